The molecule has 2 heterocycles. The van der Waals surface area contributed by atoms with Gasteiger partial charge in [0.1, 0.15) is 5.82 Å². The third-order valence-electron chi connectivity index (χ3n) is 4.15. The average molecular weight is 302 g/mol. The number of thioether (sulfide) groups is 1. The van der Waals surface area contributed by atoms with E-state index in [1.165, 1.54) is 17.9 Å². The van der Waals surface area contributed by atoms with Crippen LogP contribution in [0.5, 0.6) is 0 Å². The Morgan fingerprint density at radius 2 is 2.14 bits per heavy atom. The molecule has 1 saturated heterocycles. The minimum Gasteiger partial charge on any atom is -0.355 e. The van der Waals surface area contributed by atoms with Gasteiger partial charge < -0.3 is 10.6 Å². The third kappa shape index (κ3) is 2.68. The number of rotatable bonds is 4. The summed E-state index contributed by atoms with van der Waals surface area (Å²) >= 11 is 2.02. The topological polar surface area (TPSA) is 47.1 Å². The largest absolute Gasteiger partial charge is 0.355 e. The van der Waals surface area contributed by atoms with Crippen molar-refractivity contribution in [2.24, 2.45) is 5.73 Å². The molecule has 0 amide bonds. The van der Waals surface area contributed by atoms with Crippen LogP contribution in [-0.2, 0) is 6.54 Å². The molecule has 1 fully saturated rings. The molecule has 1 atom stereocenters. The van der Waals surface area contributed by atoms with Crippen molar-refractivity contribution in [1.82, 2.24) is 9.78 Å². The Hall–Kier alpha value is -1.46. The predicted molar refractivity (Wildman–Crippen MR) is 90.3 cm³/mol. The van der Waals surface area contributed by atoms with Crippen LogP contribution in [-0.4, -0.2) is 34.4 Å². The SMILES string of the molecule is Cc1nn(-c2ccccc2)c(N(C)C2CCSC2)c1CN. The zero-order valence-electron chi connectivity index (χ0n) is 12.6. The molecule has 5 heteroatoms. The number of para-hydroxylation sites is 1. The lowest BCUT2D eigenvalue weighted by Crippen LogP contribution is -2.33. The van der Waals surface area contributed by atoms with Crippen LogP contribution in [0, 0.1) is 6.92 Å². The van der Waals surface area contributed by atoms with Gasteiger partial charge in [-0.05, 0) is 31.2 Å². The fourth-order valence-corrected chi connectivity index (χ4v) is 4.17. The molecule has 0 spiro atoms. The summed E-state index contributed by atoms with van der Waals surface area (Å²) < 4.78 is 2.04. The molecule has 1 aliphatic rings. The Kier molecular flexibility index (Phi) is 4.22. The van der Waals surface area contributed by atoms with Crippen molar-refractivity contribution >= 4 is 17.6 Å². The summed E-state index contributed by atoms with van der Waals surface area (Å²) in [5.41, 5.74) is 9.26. The van der Waals surface area contributed by atoms with Crippen molar-refractivity contribution in [3.8, 4) is 5.69 Å². The molecule has 112 valence electrons. The Balaban J connectivity index is 2.08. The van der Waals surface area contributed by atoms with Crippen LogP contribution in [0.15, 0.2) is 30.3 Å². The van der Waals surface area contributed by atoms with Crippen molar-refractivity contribution in [2.75, 3.05) is 23.5 Å². The van der Waals surface area contributed by atoms with Crippen LogP contribution in [0.3, 0.4) is 0 Å². The highest BCUT2D eigenvalue weighted by atomic mass is 32.2. The normalized spacial score (nSPS) is 18.1. The molecule has 1 aromatic heterocycles. The van der Waals surface area contributed by atoms with Crippen LogP contribution in [0.4, 0.5) is 5.82 Å². The van der Waals surface area contributed by atoms with Gasteiger partial charge in [-0.25, -0.2) is 4.68 Å². The zero-order valence-corrected chi connectivity index (χ0v) is 13.4. The van der Waals surface area contributed by atoms with Crippen molar-refractivity contribution in [3.63, 3.8) is 0 Å². The van der Waals surface area contributed by atoms with Gasteiger partial charge in [0.05, 0.1) is 11.4 Å². The first kappa shape index (κ1) is 14.5. The summed E-state index contributed by atoms with van der Waals surface area (Å²) in [7, 11) is 2.17. The molecule has 2 aromatic rings. The number of nitrogens with two attached hydrogens (primary N) is 1. The summed E-state index contributed by atoms with van der Waals surface area (Å²) in [5.74, 6) is 3.57. The van der Waals surface area contributed by atoms with Gasteiger partial charge in [0.15, 0.2) is 0 Å². The number of nitrogens with zero attached hydrogens (tertiary/aromatic N) is 3. The number of benzene rings is 1. The highest BCUT2D eigenvalue weighted by Gasteiger charge is 2.26. The lowest BCUT2D eigenvalue weighted by molar-refractivity contribution is 0.672. The van der Waals surface area contributed by atoms with E-state index in [1.807, 2.05) is 41.6 Å². The third-order valence-corrected chi connectivity index (χ3v) is 5.29. The van der Waals surface area contributed by atoms with E-state index in [1.54, 1.807) is 0 Å². The van der Waals surface area contributed by atoms with Gasteiger partial charge in [0, 0.05) is 31.0 Å². The quantitative estimate of drug-likeness (QED) is 0.943. The van der Waals surface area contributed by atoms with E-state index in [0.717, 1.165) is 22.8 Å². The van der Waals surface area contributed by atoms with Crippen LogP contribution >= 0.6 is 11.8 Å². The summed E-state index contributed by atoms with van der Waals surface area (Å²) in [6, 6.07) is 10.9. The first-order valence-corrected chi connectivity index (χ1v) is 8.52. The lowest BCUT2D eigenvalue weighted by atomic mass is 10.2. The van der Waals surface area contributed by atoms with Crippen LogP contribution in [0.1, 0.15) is 17.7 Å². The Labute approximate surface area is 130 Å². The molecule has 21 heavy (non-hydrogen) atoms. The molecule has 1 unspecified atom stereocenters. The number of hydrogen-bond acceptors (Lipinski definition) is 4. The fourth-order valence-electron chi connectivity index (χ4n) is 2.90. The minimum absolute atomic E-state index is 0.526. The van der Waals surface area contributed by atoms with Crippen molar-refractivity contribution in [2.45, 2.75) is 25.9 Å². The van der Waals surface area contributed by atoms with E-state index in [9.17, 15) is 0 Å². The highest BCUT2D eigenvalue weighted by molar-refractivity contribution is 7.99. The van der Waals surface area contributed by atoms with E-state index in [0.29, 0.717) is 12.6 Å². The molecule has 0 bridgehead atoms. The molecule has 1 aliphatic heterocycles. The van der Waals surface area contributed by atoms with Gasteiger partial charge in [0.2, 0.25) is 0 Å². The molecule has 2 N–H and O–H groups in total. The summed E-state index contributed by atoms with van der Waals surface area (Å²) in [4.78, 5) is 2.37. The maximum Gasteiger partial charge on any atom is 0.137 e. The number of aromatic nitrogens is 2. The molecular weight excluding hydrogens is 280 g/mol. The molecule has 4 nitrogen and oxygen atoms in total. The average Bonchev–Trinajstić information content (AvgIpc) is 3.15. The first-order chi connectivity index (χ1) is 10.2. The van der Waals surface area contributed by atoms with Gasteiger partial charge in [-0.3, -0.25) is 0 Å². The summed E-state index contributed by atoms with van der Waals surface area (Å²) in [5, 5.41) is 4.73. The fraction of sp³-hybridized carbons (Fsp3) is 0.438. The van der Waals surface area contributed by atoms with Gasteiger partial charge >= 0.3 is 0 Å². The Morgan fingerprint density at radius 1 is 1.38 bits per heavy atom. The molecule has 0 radical (unpaired) electrons. The van der Waals surface area contributed by atoms with Gasteiger partial charge in [-0.1, -0.05) is 18.2 Å². The number of anilines is 1. The van der Waals surface area contributed by atoms with E-state index >= 15 is 0 Å². The molecule has 0 aliphatic carbocycles. The maximum absolute atomic E-state index is 5.99. The minimum atomic E-state index is 0.526. The van der Waals surface area contributed by atoms with E-state index in [4.69, 9.17) is 10.8 Å². The molecule has 3 rings (SSSR count). The lowest BCUT2D eigenvalue weighted by Gasteiger charge is -2.27. The first-order valence-electron chi connectivity index (χ1n) is 7.37. The second-order valence-corrected chi connectivity index (χ2v) is 6.62. The summed E-state index contributed by atoms with van der Waals surface area (Å²) in [6.07, 6.45) is 1.23. The van der Waals surface area contributed by atoms with Crippen LogP contribution < -0.4 is 10.6 Å². The number of aryl methyl sites for hydroxylation is 1. The van der Waals surface area contributed by atoms with E-state index in [2.05, 4.69) is 24.1 Å². The Morgan fingerprint density at radius 3 is 2.76 bits per heavy atom. The smallest absolute Gasteiger partial charge is 0.137 e. The zero-order chi connectivity index (χ0) is 14.8. The summed E-state index contributed by atoms with van der Waals surface area (Å²) in [6.45, 7) is 2.57. The number of hydrogen-bond donors (Lipinski definition) is 1. The Bertz CT molecular complexity index is 602. The van der Waals surface area contributed by atoms with Crippen molar-refractivity contribution in [3.05, 3.63) is 41.6 Å². The predicted octanol–water partition coefficient (Wildman–Crippen LogP) is 2.58. The molecular formula is C16H22N4S. The van der Waals surface area contributed by atoms with Crippen molar-refractivity contribution in [1.29, 1.82) is 0 Å². The van der Waals surface area contributed by atoms with E-state index < -0.39 is 0 Å². The molecule has 0 saturated carbocycles. The second kappa shape index (κ2) is 6.12. The second-order valence-electron chi connectivity index (χ2n) is 5.47. The van der Waals surface area contributed by atoms with Crippen LogP contribution in [0.2, 0.25) is 0 Å². The van der Waals surface area contributed by atoms with Gasteiger partial charge in [-0.2, -0.15) is 16.9 Å². The van der Waals surface area contributed by atoms with Gasteiger partial charge in [-0.15, -0.1) is 0 Å². The maximum atomic E-state index is 5.99. The molecule has 1 aromatic carbocycles. The standard InChI is InChI=1S/C16H22N4S/c1-12-15(10-17)16(19(2)14-8-9-21-11-14)20(18-12)13-6-4-3-5-7-13/h3-7,14H,8-11,17H2,1-2H3. The highest BCUT2D eigenvalue weighted by Crippen LogP contribution is 2.31. The monoisotopic (exact) mass is 302 g/mol. The van der Waals surface area contributed by atoms with E-state index in [-0.39, 0.29) is 0 Å². The van der Waals surface area contributed by atoms with Crippen molar-refractivity contribution < 1.29 is 0 Å². The van der Waals surface area contributed by atoms with Crippen LogP contribution in [0.25, 0.3) is 5.69 Å². The van der Waals surface area contributed by atoms with Gasteiger partial charge in [0.25, 0.3) is 0 Å².